The van der Waals surface area contributed by atoms with E-state index in [2.05, 4.69) is 0 Å². The molecule has 0 bridgehead atoms. The van der Waals surface area contributed by atoms with Crippen LogP contribution < -0.4 is 0 Å². The Labute approximate surface area is 118 Å². The van der Waals surface area contributed by atoms with Crippen molar-refractivity contribution in [2.75, 3.05) is 0 Å². The Morgan fingerprint density at radius 1 is 0.947 bits per heavy atom. The van der Waals surface area contributed by atoms with E-state index >= 15 is 0 Å². The summed E-state index contributed by atoms with van der Waals surface area (Å²) in [4.78, 5) is 0. The van der Waals surface area contributed by atoms with Crippen LogP contribution >= 0.6 is 23.2 Å². The summed E-state index contributed by atoms with van der Waals surface area (Å²) < 4.78 is 38.4. The van der Waals surface area contributed by atoms with E-state index in [0.717, 1.165) is 12.1 Å². The molecule has 2 aromatic carbocycles. The molecule has 0 aliphatic rings. The fourth-order valence-electron chi connectivity index (χ4n) is 1.86. The molecule has 0 saturated carbocycles. The first-order valence-electron chi connectivity index (χ1n) is 5.42. The minimum absolute atomic E-state index is 0.325. The summed E-state index contributed by atoms with van der Waals surface area (Å²) in [6, 6.07) is 8.61. The first kappa shape index (κ1) is 14.2. The molecule has 0 spiro atoms. The zero-order chi connectivity index (χ0) is 14.2. The Bertz CT molecular complexity index is 598. The third-order valence-electron chi connectivity index (χ3n) is 2.66. The van der Waals surface area contributed by atoms with Gasteiger partial charge in [-0.3, -0.25) is 0 Å². The lowest BCUT2D eigenvalue weighted by Gasteiger charge is -2.12. The molecule has 0 fully saturated rings. The Morgan fingerprint density at radius 2 is 1.53 bits per heavy atom. The van der Waals surface area contributed by atoms with Crippen LogP contribution in [0.15, 0.2) is 36.4 Å². The highest BCUT2D eigenvalue weighted by Gasteiger charge is 2.31. The number of hydrogen-bond donors (Lipinski definition) is 0. The highest BCUT2D eigenvalue weighted by atomic mass is 35.5. The third kappa shape index (κ3) is 3.04. The molecular weight excluding hydrogens is 296 g/mol. The van der Waals surface area contributed by atoms with Crippen LogP contribution in [0.25, 0.3) is 11.1 Å². The largest absolute Gasteiger partial charge is 0.416 e. The normalized spacial score (nSPS) is 11.7. The number of hydrogen-bond acceptors (Lipinski definition) is 0. The van der Waals surface area contributed by atoms with Gasteiger partial charge in [0.05, 0.1) is 5.56 Å². The molecule has 0 saturated heterocycles. The number of rotatable bonds is 1. The first-order valence-corrected chi connectivity index (χ1v) is 6.18. The lowest BCUT2D eigenvalue weighted by atomic mass is 10.00. The van der Waals surface area contributed by atoms with Crippen molar-refractivity contribution in [1.82, 2.24) is 0 Å². The number of aryl methyl sites for hydroxylation is 1. The van der Waals surface area contributed by atoms with Crippen LogP contribution in [0.4, 0.5) is 13.2 Å². The Balaban J connectivity index is 2.67. The van der Waals surface area contributed by atoms with Crippen LogP contribution in [0.1, 0.15) is 11.1 Å². The van der Waals surface area contributed by atoms with E-state index in [1.54, 1.807) is 31.2 Å². The molecule has 19 heavy (non-hydrogen) atoms. The zero-order valence-electron chi connectivity index (χ0n) is 9.85. The predicted octanol–water partition coefficient (Wildman–Crippen LogP) is 5.99. The summed E-state index contributed by atoms with van der Waals surface area (Å²) in [5.41, 5.74) is 0.572. The second-order valence-corrected chi connectivity index (χ2v) is 5.00. The van der Waals surface area contributed by atoms with Gasteiger partial charge < -0.3 is 0 Å². The standard InChI is InChI=1S/C14H9Cl2F3/c1-8-5-9(7-10(6-8)14(17,18)19)13-11(15)3-2-4-12(13)16/h2-7H,1H3. The van der Waals surface area contributed by atoms with Gasteiger partial charge in [0.1, 0.15) is 0 Å². The molecule has 2 aromatic rings. The van der Waals surface area contributed by atoms with Gasteiger partial charge in [-0.05, 0) is 42.3 Å². The van der Waals surface area contributed by atoms with Gasteiger partial charge in [0.15, 0.2) is 0 Å². The number of benzene rings is 2. The fourth-order valence-corrected chi connectivity index (χ4v) is 2.48. The maximum absolute atomic E-state index is 12.8. The van der Waals surface area contributed by atoms with Crippen LogP contribution in [0.3, 0.4) is 0 Å². The summed E-state index contributed by atoms with van der Waals surface area (Å²) in [5.74, 6) is 0. The highest BCUT2D eigenvalue weighted by Crippen LogP contribution is 2.38. The summed E-state index contributed by atoms with van der Waals surface area (Å²) in [6.45, 7) is 1.60. The van der Waals surface area contributed by atoms with Gasteiger partial charge in [-0.2, -0.15) is 13.2 Å². The molecular formula is C14H9Cl2F3. The second kappa shape index (κ2) is 5.06. The highest BCUT2D eigenvalue weighted by molar-refractivity contribution is 6.39. The predicted molar refractivity (Wildman–Crippen MR) is 71.6 cm³/mol. The molecule has 0 atom stereocenters. The molecule has 0 nitrogen and oxygen atoms in total. The third-order valence-corrected chi connectivity index (χ3v) is 3.29. The molecule has 0 aliphatic heterocycles. The molecule has 0 heterocycles. The van der Waals surface area contributed by atoms with Crippen molar-refractivity contribution in [3.63, 3.8) is 0 Å². The minimum Gasteiger partial charge on any atom is -0.166 e. The van der Waals surface area contributed by atoms with E-state index in [1.165, 1.54) is 0 Å². The summed E-state index contributed by atoms with van der Waals surface area (Å²) in [7, 11) is 0. The van der Waals surface area contributed by atoms with Gasteiger partial charge in [0.2, 0.25) is 0 Å². The van der Waals surface area contributed by atoms with Gasteiger partial charge in [-0.25, -0.2) is 0 Å². The van der Waals surface area contributed by atoms with Gasteiger partial charge >= 0.3 is 6.18 Å². The SMILES string of the molecule is Cc1cc(-c2c(Cl)cccc2Cl)cc(C(F)(F)F)c1. The van der Waals surface area contributed by atoms with E-state index < -0.39 is 11.7 Å². The van der Waals surface area contributed by atoms with Crippen molar-refractivity contribution >= 4 is 23.2 Å². The Hall–Kier alpha value is -1.19. The fraction of sp³-hybridized carbons (Fsp3) is 0.143. The van der Waals surface area contributed by atoms with Crippen molar-refractivity contribution in [3.8, 4) is 11.1 Å². The van der Waals surface area contributed by atoms with Crippen LogP contribution in [0.2, 0.25) is 10.0 Å². The summed E-state index contributed by atoms with van der Waals surface area (Å²) in [6.07, 6.45) is -4.39. The Morgan fingerprint density at radius 3 is 2.05 bits per heavy atom. The number of alkyl halides is 3. The van der Waals surface area contributed by atoms with Crippen LogP contribution in [0.5, 0.6) is 0 Å². The average molecular weight is 305 g/mol. The minimum atomic E-state index is -4.39. The van der Waals surface area contributed by atoms with Crippen molar-refractivity contribution in [1.29, 1.82) is 0 Å². The first-order chi connectivity index (χ1) is 8.79. The van der Waals surface area contributed by atoms with Crippen LogP contribution in [0, 0.1) is 6.92 Å². The van der Waals surface area contributed by atoms with Crippen LogP contribution in [-0.4, -0.2) is 0 Å². The topological polar surface area (TPSA) is 0 Å². The lowest BCUT2D eigenvalue weighted by Crippen LogP contribution is -2.05. The van der Waals surface area contributed by atoms with Crippen molar-refractivity contribution in [2.24, 2.45) is 0 Å². The summed E-state index contributed by atoms with van der Waals surface area (Å²) in [5, 5.41) is 0.650. The summed E-state index contributed by atoms with van der Waals surface area (Å²) >= 11 is 12.0. The molecule has 0 amide bonds. The molecule has 0 radical (unpaired) electrons. The zero-order valence-corrected chi connectivity index (χ0v) is 11.4. The van der Waals surface area contributed by atoms with Gasteiger partial charge in [-0.15, -0.1) is 0 Å². The van der Waals surface area contributed by atoms with E-state index in [0.29, 0.717) is 26.7 Å². The lowest BCUT2D eigenvalue weighted by molar-refractivity contribution is -0.137. The maximum Gasteiger partial charge on any atom is 0.416 e. The van der Waals surface area contributed by atoms with E-state index in [9.17, 15) is 13.2 Å². The van der Waals surface area contributed by atoms with Crippen LogP contribution in [-0.2, 0) is 6.18 Å². The molecule has 5 heteroatoms. The van der Waals surface area contributed by atoms with Gasteiger partial charge in [0.25, 0.3) is 0 Å². The van der Waals surface area contributed by atoms with E-state index in [1.807, 2.05) is 0 Å². The second-order valence-electron chi connectivity index (χ2n) is 4.18. The Kier molecular flexibility index (Phi) is 3.79. The maximum atomic E-state index is 12.8. The number of halogens is 5. The van der Waals surface area contributed by atoms with Crippen molar-refractivity contribution in [2.45, 2.75) is 13.1 Å². The van der Waals surface area contributed by atoms with Gasteiger partial charge in [0, 0.05) is 15.6 Å². The van der Waals surface area contributed by atoms with E-state index in [4.69, 9.17) is 23.2 Å². The van der Waals surface area contributed by atoms with Gasteiger partial charge in [-0.1, -0.05) is 35.3 Å². The molecule has 0 N–H and O–H groups in total. The monoisotopic (exact) mass is 304 g/mol. The average Bonchev–Trinajstić information content (AvgIpc) is 2.26. The quantitative estimate of drug-likeness (QED) is 0.607. The smallest absolute Gasteiger partial charge is 0.166 e. The molecule has 0 aliphatic carbocycles. The molecule has 0 unspecified atom stereocenters. The van der Waals surface area contributed by atoms with Crippen molar-refractivity contribution in [3.05, 3.63) is 57.6 Å². The van der Waals surface area contributed by atoms with E-state index in [-0.39, 0.29) is 0 Å². The molecule has 100 valence electrons. The van der Waals surface area contributed by atoms with Crippen molar-refractivity contribution < 1.29 is 13.2 Å². The molecule has 0 aromatic heterocycles. The molecule has 2 rings (SSSR count).